The average molecular weight is 484 g/mol. The summed E-state index contributed by atoms with van der Waals surface area (Å²) in [7, 11) is 0. The lowest BCUT2D eigenvalue weighted by molar-refractivity contribution is -0.254. The first kappa shape index (κ1) is 24.6. The molecule has 0 spiro atoms. The van der Waals surface area contributed by atoms with E-state index < -0.39 is 6.10 Å². The lowest BCUT2D eigenvalue weighted by Crippen LogP contribution is -2.69. The molecule has 0 radical (unpaired) electrons. The molecule has 1 heterocycles. The first-order valence-corrected chi connectivity index (χ1v) is 14.6. The highest BCUT2D eigenvalue weighted by Crippen LogP contribution is 2.78. The van der Waals surface area contributed by atoms with Crippen LogP contribution in [-0.2, 0) is 4.74 Å². The molecular formula is C30H49N3O2. The number of azide groups is 1. The summed E-state index contributed by atoms with van der Waals surface area (Å²) in [6.07, 6.45) is 11.1. The molecule has 11 atom stereocenters. The molecule has 0 aromatic heterocycles. The molecule has 6 rings (SSSR count). The van der Waals surface area contributed by atoms with E-state index in [4.69, 9.17) is 4.74 Å². The zero-order valence-electron chi connectivity index (χ0n) is 23.3. The third-order valence-corrected chi connectivity index (χ3v) is 14.3. The van der Waals surface area contributed by atoms with Gasteiger partial charge in [0.05, 0.1) is 24.9 Å². The van der Waals surface area contributed by atoms with Gasteiger partial charge in [-0.25, -0.2) is 0 Å². The standard InChI is InChI=1S/C30H49N3O2/c1-25(2)12-14-30-15-13-28(6)18(22(30)24(25)35-17-30)8-9-21-27(5)16-19(32-33-31)23(34)26(3,4)20(27)10-11-29(21,28)7/h18-24,34H,8-17H2,1-7H3/t18-,19-,20+,21-,22+,23+,24-,27+,28-,29-,30-/m1/s1. The van der Waals surface area contributed by atoms with Gasteiger partial charge in [0, 0.05) is 4.91 Å². The number of hydrogen-bond acceptors (Lipinski definition) is 3. The molecular weight excluding hydrogens is 434 g/mol. The molecule has 1 saturated heterocycles. The van der Waals surface area contributed by atoms with E-state index in [1.807, 2.05) is 0 Å². The van der Waals surface area contributed by atoms with Crippen molar-refractivity contribution in [1.29, 1.82) is 0 Å². The van der Waals surface area contributed by atoms with Gasteiger partial charge in [-0.2, -0.15) is 0 Å². The van der Waals surface area contributed by atoms with E-state index in [0.29, 0.717) is 34.7 Å². The second-order valence-electron chi connectivity index (χ2n) is 16.0. The fraction of sp³-hybridized carbons (Fsp3) is 1.00. The van der Waals surface area contributed by atoms with Crippen LogP contribution in [0.1, 0.15) is 106 Å². The number of rotatable bonds is 1. The Morgan fingerprint density at radius 3 is 2.29 bits per heavy atom. The molecule has 35 heavy (non-hydrogen) atoms. The van der Waals surface area contributed by atoms with E-state index in [9.17, 15) is 10.6 Å². The fourth-order valence-electron chi connectivity index (χ4n) is 12.3. The van der Waals surface area contributed by atoms with E-state index in [1.165, 1.54) is 51.4 Å². The van der Waals surface area contributed by atoms with Crippen LogP contribution in [0.4, 0.5) is 0 Å². The monoisotopic (exact) mass is 483 g/mol. The van der Waals surface area contributed by atoms with Crippen LogP contribution < -0.4 is 0 Å². The number of nitrogens with zero attached hydrogens (tertiary/aromatic N) is 3. The molecule has 0 unspecified atom stereocenters. The van der Waals surface area contributed by atoms with Gasteiger partial charge in [-0.15, -0.1) is 0 Å². The van der Waals surface area contributed by atoms with Crippen molar-refractivity contribution in [2.75, 3.05) is 6.61 Å². The quantitative estimate of drug-likeness (QED) is 0.238. The minimum atomic E-state index is -0.556. The van der Waals surface area contributed by atoms with E-state index in [0.717, 1.165) is 18.9 Å². The third kappa shape index (κ3) is 2.82. The lowest BCUT2D eigenvalue weighted by atomic mass is 9.31. The summed E-state index contributed by atoms with van der Waals surface area (Å²) in [5.74, 6) is 2.55. The van der Waals surface area contributed by atoms with Crippen molar-refractivity contribution in [1.82, 2.24) is 0 Å². The van der Waals surface area contributed by atoms with Gasteiger partial charge >= 0.3 is 0 Å². The summed E-state index contributed by atoms with van der Waals surface area (Å²) in [5, 5.41) is 15.4. The predicted molar refractivity (Wildman–Crippen MR) is 139 cm³/mol. The van der Waals surface area contributed by atoms with Crippen molar-refractivity contribution in [2.45, 2.75) is 125 Å². The van der Waals surface area contributed by atoms with Crippen molar-refractivity contribution in [3.05, 3.63) is 10.4 Å². The van der Waals surface area contributed by atoms with E-state index in [-0.39, 0.29) is 27.7 Å². The molecule has 6 aliphatic rings. The van der Waals surface area contributed by atoms with Gasteiger partial charge in [0.1, 0.15) is 0 Å². The second-order valence-corrected chi connectivity index (χ2v) is 16.0. The minimum absolute atomic E-state index is 0.0962. The first-order valence-electron chi connectivity index (χ1n) is 14.6. The Hall–Kier alpha value is -0.770. The van der Waals surface area contributed by atoms with Crippen LogP contribution in [0.25, 0.3) is 10.4 Å². The van der Waals surface area contributed by atoms with E-state index >= 15 is 0 Å². The maximum atomic E-state index is 11.2. The summed E-state index contributed by atoms with van der Waals surface area (Å²) in [4.78, 5) is 3.18. The van der Waals surface area contributed by atoms with Gasteiger partial charge in [-0.3, -0.25) is 0 Å². The zero-order chi connectivity index (χ0) is 25.2. The van der Waals surface area contributed by atoms with Crippen molar-refractivity contribution < 1.29 is 9.84 Å². The summed E-state index contributed by atoms with van der Waals surface area (Å²) < 4.78 is 6.70. The molecule has 0 aromatic rings. The summed E-state index contributed by atoms with van der Waals surface area (Å²) in [5.41, 5.74) is 10.5. The van der Waals surface area contributed by atoms with Crippen LogP contribution in [0.5, 0.6) is 0 Å². The molecule has 5 aliphatic carbocycles. The number of hydrogen-bond donors (Lipinski definition) is 1. The van der Waals surface area contributed by atoms with E-state index in [1.54, 1.807) is 0 Å². The Morgan fingerprint density at radius 2 is 1.57 bits per heavy atom. The zero-order valence-corrected chi connectivity index (χ0v) is 23.3. The highest BCUT2D eigenvalue weighted by atomic mass is 16.5. The molecule has 5 nitrogen and oxygen atoms in total. The van der Waals surface area contributed by atoms with Crippen LogP contribution in [0, 0.1) is 56.2 Å². The molecule has 1 aliphatic heterocycles. The van der Waals surface area contributed by atoms with E-state index in [2.05, 4.69) is 58.5 Å². The highest BCUT2D eigenvalue weighted by molar-refractivity contribution is 5.22. The van der Waals surface area contributed by atoms with Crippen LogP contribution in [0.3, 0.4) is 0 Å². The van der Waals surface area contributed by atoms with Crippen LogP contribution in [0.2, 0.25) is 0 Å². The Morgan fingerprint density at radius 1 is 0.857 bits per heavy atom. The normalized spacial score (nSPS) is 57.7. The lowest BCUT2D eigenvalue weighted by Gasteiger charge is -2.73. The largest absolute Gasteiger partial charge is 0.392 e. The average Bonchev–Trinajstić information content (AvgIpc) is 3.12. The van der Waals surface area contributed by atoms with Crippen molar-refractivity contribution >= 4 is 0 Å². The topological polar surface area (TPSA) is 78.2 Å². The Balaban J connectivity index is 1.40. The van der Waals surface area contributed by atoms with Gasteiger partial charge in [-0.05, 0) is 119 Å². The molecule has 5 heteroatoms. The highest BCUT2D eigenvalue weighted by Gasteiger charge is 2.73. The second kappa shape index (κ2) is 7.20. The summed E-state index contributed by atoms with van der Waals surface area (Å²) >= 11 is 0. The van der Waals surface area contributed by atoms with Gasteiger partial charge in [-0.1, -0.05) is 53.6 Å². The van der Waals surface area contributed by atoms with Gasteiger partial charge in [0.2, 0.25) is 0 Å². The summed E-state index contributed by atoms with van der Waals surface area (Å²) in [6, 6.07) is -0.317. The van der Waals surface area contributed by atoms with Crippen molar-refractivity contribution in [2.24, 2.45) is 61.3 Å². The first-order chi connectivity index (χ1) is 16.3. The van der Waals surface area contributed by atoms with Gasteiger partial charge < -0.3 is 9.84 Å². The maximum absolute atomic E-state index is 11.2. The molecule has 0 aromatic carbocycles. The number of aliphatic hydroxyl groups excluding tert-OH is 1. The van der Waals surface area contributed by atoms with Crippen LogP contribution in [0.15, 0.2) is 5.11 Å². The number of fused-ring (bicyclic) bond motifs is 5. The van der Waals surface area contributed by atoms with Crippen LogP contribution in [-0.4, -0.2) is 30.0 Å². The molecule has 5 saturated carbocycles. The third-order valence-electron chi connectivity index (χ3n) is 14.3. The predicted octanol–water partition coefficient (Wildman–Crippen LogP) is 7.53. The maximum Gasteiger partial charge on any atom is 0.0678 e. The Kier molecular flexibility index (Phi) is 5.05. The fourth-order valence-corrected chi connectivity index (χ4v) is 12.3. The Labute approximate surface area is 212 Å². The SMILES string of the molecule is CC1(C)CC[C@]23CC[C@]4(C)[C@H](CC[C@@H]5[C@@]6(C)C[C@@H](N=[N+]=[N-])[C@H](O)C(C)(C)[C@@H]6CC[C@]54C)[C@H]2[C@H]1OC3. The van der Waals surface area contributed by atoms with Gasteiger partial charge in [0.25, 0.3) is 0 Å². The molecule has 1 N–H and O–H groups in total. The molecule has 0 amide bonds. The number of aliphatic hydroxyl groups is 1. The number of ether oxygens (including phenoxy) is 1. The van der Waals surface area contributed by atoms with Gasteiger partial charge in [0.15, 0.2) is 0 Å². The molecule has 196 valence electrons. The summed E-state index contributed by atoms with van der Waals surface area (Å²) in [6.45, 7) is 18.2. The molecule has 2 bridgehead atoms. The van der Waals surface area contributed by atoms with Crippen molar-refractivity contribution in [3.8, 4) is 0 Å². The van der Waals surface area contributed by atoms with Crippen LogP contribution >= 0.6 is 0 Å². The van der Waals surface area contributed by atoms with Crippen molar-refractivity contribution in [3.63, 3.8) is 0 Å². The Bertz CT molecular complexity index is 957. The minimum Gasteiger partial charge on any atom is -0.392 e. The smallest absolute Gasteiger partial charge is 0.0678 e. The molecule has 6 fully saturated rings.